The molecule has 3 heteroatoms. The van der Waals surface area contributed by atoms with Gasteiger partial charge in [-0.2, -0.15) is 0 Å². The Hall–Kier alpha value is -4.60. The van der Waals surface area contributed by atoms with E-state index in [1.54, 1.807) is 0 Å². The highest BCUT2D eigenvalue weighted by Gasteiger charge is 2.15. The van der Waals surface area contributed by atoms with Crippen LogP contribution in [-0.2, 0) is 0 Å². The summed E-state index contributed by atoms with van der Waals surface area (Å²) in [7, 11) is 0. The summed E-state index contributed by atoms with van der Waals surface area (Å²) in [5, 5.41) is 11.1. The van der Waals surface area contributed by atoms with E-state index in [0.29, 0.717) is 0 Å². The first-order valence-corrected chi connectivity index (χ1v) is 13.2. The summed E-state index contributed by atoms with van der Waals surface area (Å²) < 4.78 is 8.78. The summed E-state index contributed by atoms with van der Waals surface area (Å²) in [6.07, 6.45) is 0. The number of thiophene rings is 1. The maximum atomic E-state index is 6.22. The first kappa shape index (κ1) is 20.6. The van der Waals surface area contributed by atoms with Gasteiger partial charge in [0.05, 0.1) is 10.4 Å². The molecule has 6 aromatic carbocycles. The molecule has 8 rings (SSSR count). The summed E-state index contributed by atoms with van der Waals surface area (Å²) in [6, 6.07) is 43.1. The van der Waals surface area contributed by atoms with Gasteiger partial charge in [0.1, 0.15) is 11.2 Å². The maximum absolute atomic E-state index is 6.22. The van der Waals surface area contributed by atoms with Crippen LogP contribution in [0.3, 0.4) is 0 Å². The minimum absolute atomic E-state index is 0.914. The van der Waals surface area contributed by atoms with Crippen molar-refractivity contribution in [2.75, 3.05) is 5.32 Å². The number of hydrogen-bond donors (Lipinski definition) is 1. The zero-order valence-corrected chi connectivity index (χ0v) is 20.7. The number of nitrogens with one attached hydrogen (secondary N) is 1. The van der Waals surface area contributed by atoms with Crippen molar-refractivity contribution in [2.24, 2.45) is 0 Å². The van der Waals surface area contributed by atoms with E-state index in [9.17, 15) is 0 Å². The molecule has 0 unspecified atom stereocenters. The van der Waals surface area contributed by atoms with Gasteiger partial charge in [0.2, 0.25) is 0 Å². The zero-order valence-electron chi connectivity index (χ0n) is 19.9. The largest absolute Gasteiger partial charge is 0.456 e. The van der Waals surface area contributed by atoms with Crippen LogP contribution in [0.25, 0.3) is 64.0 Å². The van der Waals surface area contributed by atoms with E-state index in [0.717, 1.165) is 38.9 Å². The van der Waals surface area contributed by atoms with Gasteiger partial charge in [-0.25, -0.2) is 0 Å². The Kier molecular flexibility index (Phi) is 4.42. The Morgan fingerprint density at radius 1 is 0.514 bits per heavy atom. The summed E-state index contributed by atoms with van der Waals surface area (Å²) in [6.45, 7) is 0. The van der Waals surface area contributed by atoms with Crippen LogP contribution in [0, 0.1) is 0 Å². The molecular weight excluding hydrogens is 470 g/mol. The van der Waals surface area contributed by atoms with Gasteiger partial charge in [-0.1, -0.05) is 66.7 Å². The molecule has 174 valence electrons. The lowest BCUT2D eigenvalue weighted by Crippen LogP contribution is -1.91. The van der Waals surface area contributed by atoms with Crippen molar-refractivity contribution in [2.45, 2.75) is 0 Å². The molecule has 2 heterocycles. The first-order valence-electron chi connectivity index (χ1n) is 12.4. The monoisotopic (exact) mass is 491 g/mol. The van der Waals surface area contributed by atoms with Gasteiger partial charge in [-0.05, 0) is 76.5 Å². The van der Waals surface area contributed by atoms with E-state index >= 15 is 0 Å². The third kappa shape index (κ3) is 3.32. The van der Waals surface area contributed by atoms with E-state index in [2.05, 4.69) is 108 Å². The number of benzene rings is 6. The molecule has 0 amide bonds. The van der Waals surface area contributed by atoms with Crippen molar-refractivity contribution in [1.29, 1.82) is 0 Å². The van der Waals surface area contributed by atoms with Crippen molar-refractivity contribution in [3.05, 3.63) is 121 Å². The Bertz CT molecular complexity index is 2120. The van der Waals surface area contributed by atoms with Crippen LogP contribution in [0.4, 0.5) is 11.4 Å². The standard InChI is InChI=1S/C34H21NOS/c1-2-10-25(11-3-1)35-30-18-24(23-14-15-27-26-12-6-7-13-31(26)36-32(27)19-23)17-29-28-16-21-8-4-5-9-22(21)20-33(28)37-34(29)30/h1-20,35H. The molecule has 2 nitrogen and oxygen atoms in total. The lowest BCUT2D eigenvalue weighted by Gasteiger charge is -2.11. The molecule has 0 aliphatic carbocycles. The molecule has 0 saturated carbocycles. The van der Waals surface area contributed by atoms with Crippen molar-refractivity contribution in [3.63, 3.8) is 0 Å². The first-order chi connectivity index (χ1) is 18.3. The molecule has 0 aliphatic rings. The fourth-order valence-corrected chi connectivity index (χ4v) is 6.59. The van der Waals surface area contributed by atoms with Crippen molar-refractivity contribution >= 4 is 75.6 Å². The number of rotatable bonds is 3. The number of anilines is 2. The summed E-state index contributed by atoms with van der Waals surface area (Å²) >= 11 is 1.85. The molecule has 0 spiro atoms. The van der Waals surface area contributed by atoms with Gasteiger partial charge in [0, 0.05) is 31.9 Å². The average molecular weight is 492 g/mol. The molecule has 1 N–H and O–H groups in total. The van der Waals surface area contributed by atoms with Crippen molar-refractivity contribution in [1.82, 2.24) is 0 Å². The topological polar surface area (TPSA) is 25.2 Å². The fraction of sp³-hybridized carbons (Fsp3) is 0. The second-order valence-electron chi connectivity index (χ2n) is 9.50. The lowest BCUT2D eigenvalue weighted by molar-refractivity contribution is 0.669. The second kappa shape index (κ2) is 7.95. The highest BCUT2D eigenvalue weighted by atomic mass is 32.1. The second-order valence-corrected chi connectivity index (χ2v) is 10.6. The van der Waals surface area contributed by atoms with Crippen LogP contribution < -0.4 is 5.32 Å². The van der Waals surface area contributed by atoms with Gasteiger partial charge in [-0.3, -0.25) is 0 Å². The van der Waals surface area contributed by atoms with E-state index in [-0.39, 0.29) is 0 Å². The van der Waals surface area contributed by atoms with Gasteiger partial charge >= 0.3 is 0 Å². The molecule has 0 fully saturated rings. The lowest BCUT2D eigenvalue weighted by atomic mass is 9.99. The van der Waals surface area contributed by atoms with Crippen LogP contribution in [0.5, 0.6) is 0 Å². The fourth-order valence-electron chi connectivity index (χ4n) is 5.41. The Morgan fingerprint density at radius 2 is 1.27 bits per heavy atom. The number of furan rings is 1. The van der Waals surface area contributed by atoms with Crippen LogP contribution in [-0.4, -0.2) is 0 Å². The predicted molar refractivity (Wildman–Crippen MR) is 159 cm³/mol. The highest BCUT2D eigenvalue weighted by Crippen LogP contribution is 2.44. The van der Waals surface area contributed by atoms with Gasteiger partial charge in [-0.15, -0.1) is 11.3 Å². The molecular formula is C34H21NOS. The molecule has 0 atom stereocenters. The van der Waals surface area contributed by atoms with Crippen LogP contribution in [0.2, 0.25) is 0 Å². The molecule has 2 aromatic heterocycles. The van der Waals surface area contributed by atoms with E-state index in [1.807, 2.05) is 29.5 Å². The smallest absolute Gasteiger partial charge is 0.136 e. The van der Waals surface area contributed by atoms with Crippen LogP contribution >= 0.6 is 11.3 Å². The van der Waals surface area contributed by atoms with E-state index in [4.69, 9.17) is 4.42 Å². The summed E-state index contributed by atoms with van der Waals surface area (Å²) in [5.74, 6) is 0. The minimum atomic E-state index is 0.914. The van der Waals surface area contributed by atoms with Crippen molar-refractivity contribution in [3.8, 4) is 11.1 Å². The molecule has 0 aliphatic heterocycles. The maximum Gasteiger partial charge on any atom is 0.136 e. The molecule has 0 saturated heterocycles. The van der Waals surface area contributed by atoms with Crippen molar-refractivity contribution < 1.29 is 4.42 Å². The van der Waals surface area contributed by atoms with Gasteiger partial charge < -0.3 is 9.73 Å². The number of hydrogen-bond acceptors (Lipinski definition) is 3. The SMILES string of the molecule is c1ccc(Nc2cc(-c3ccc4c(c3)oc3ccccc34)cc3c2sc2cc4ccccc4cc23)cc1. The average Bonchev–Trinajstić information content (AvgIpc) is 3.50. The highest BCUT2D eigenvalue weighted by molar-refractivity contribution is 7.26. The summed E-state index contributed by atoms with van der Waals surface area (Å²) in [5.41, 5.74) is 6.35. The molecule has 8 aromatic rings. The minimum Gasteiger partial charge on any atom is -0.456 e. The Labute approximate surface area is 217 Å². The third-order valence-corrected chi connectivity index (χ3v) is 8.41. The van der Waals surface area contributed by atoms with Gasteiger partial charge in [0.15, 0.2) is 0 Å². The Morgan fingerprint density at radius 3 is 2.16 bits per heavy atom. The third-order valence-electron chi connectivity index (χ3n) is 7.20. The van der Waals surface area contributed by atoms with Crippen LogP contribution in [0.15, 0.2) is 126 Å². The zero-order chi connectivity index (χ0) is 24.3. The number of para-hydroxylation sites is 2. The van der Waals surface area contributed by atoms with E-state index in [1.165, 1.54) is 36.5 Å². The quantitative estimate of drug-likeness (QED) is 0.266. The number of fused-ring (bicyclic) bond motifs is 7. The normalized spacial score (nSPS) is 11.8. The van der Waals surface area contributed by atoms with E-state index < -0.39 is 0 Å². The Balaban J connectivity index is 1.39. The predicted octanol–water partition coefficient (Wildman–Crippen LogP) is 10.5. The van der Waals surface area contributed by atoms with Gasteiger partial charge in [0.25, 0.3) is 0 Å². The van der Waals surface area contributed by atoms with Crippen LogP contribution in [0.1, 0.15) is 0 Å². The summed E-state index contributed by atoms with van der Waals surface area (Å²) in [4.78, 5) is 0. The molecule has 0 bridgehead atoms. The molecule has 37 heavy (non-hydrogen) atoms. The molecule has 0 radical (unpaired) electrons.